The van der Waals surface area contributed by atoms with Crippen LogP contribution in [-0.2, 0) is 19.1 Å². The molecule has 1 aromatic carbocycles. The van der Waals surface area contributed by atoms with Crippen LogP contribution in [0.15, 0.2) is 18.2 Å². The van der Waals surface area contributed by atoms with E-state index in [1.807, 2.05) is 12.1 Å². The van der Waals surface area contributed by atoms with Crippen LogP contribution < -0.4 is 0 Å². The van der Waals surface area contributed by atoms with Crippen LogP contribution in [-0.4, -0.2) is 25.2 Å². The van der Waals surface area contributed by atoms with Crippen LogP contribution in [0.3, 0.4) is 0 Å². The molecule has 0 saturated carbocycles. The fraction of sp³-hybridized carbons (Fsp3) is 0.333. The second-order valence-corrected chi connectivity index (χ2v) is 3.97. The lowest BCUT2D eigenvalue weighted by Crippen LogP contribution is -2.26. The topological polar surface area (TPSA) is 100 Å². The summed E-state index contributed by atoms with van der Waals surface area (Å²) >= 11 is 0. The van der Waals surface area contributed by atoms with Crippen LogP contribution in [0, 0.1) is 22.7 Å². The molecule has 0 heterocycles. The number of carbonyl (C=O) groups is 2. The molecular formula is C15H14N2O4. The molecular weight excluding hydrogens is 272 g/mol. The molecule has 0 aliphatic heterocycles. The maximum atomic E-state index is 11.9. The van der Waals surface area contributed by atoms with Crippen LogP contribution >= 0.6 is 0 Å². The van der Waals surface area contributed by atoms with E-state index < -0.39 is 17.9 Å². The molecule has 1 rings (SSSR count). The summed E-state index contributed by atoms with van der Waals surface area (Å²) in [5, 5.41) is 17.9. The van der Waals surface area contributed by atoms with Crippen LogP contribution in [0.25, 0.3) is 0 Å². The van der Waals surface area contributed by atoms with Crippen LogP contribution in [0.4, 0.5) is 0 Å². The quantitative estimate of drug-likeness (QED) is 0.602. The Labute approximate surface area is 122 Å². The highest BCUT2D eigenvalue weighted by atomic mass is 16.6. The Morgan fingerprint density at radius 3 is 2.00 bits per heavy atom. The van der Waals surface area contributed by atoms with Gasteiger partial charge in [0.15, 0.2) is 5.92 Å². The largest absolute Gasteiger partial charge is 0.465 e. The molecule has 0 N–H and O–H groups in total. The predicted octanol–water partition coefficient (Wildman–Crippen LogP) is 1.64. The number of hydrogen-bond acceptors (Lipinski definition) is 6. The van der Waals surface area contributed by atoms with Gasteiger partial charge in [-0.2, -0.15) is 10.5 Å². The van der Waals surface area contributed by atoms with Crippen LogP contribution in [0.1, 0.15) is 36.5 Å². The zero-order chi connectivity index (χ0) is 15.8. The summed E-state index contributed by atoms with van der Waals surface area (Å²) in [6.07, 6.45) is 0. The van der Waals surface area contributed by atoms with Crippen LogP contribution in [0.2, 0.25) is 0 Å². The van der Waals surface area contributed by atoms with Gasteiger partial charge in [0.05, 0.1) is 24.3 Å². The highest BCUT2D eigenvalue weighted by molar-refractivity contribution is 6.00. The molecule has 0 fully saturated rings. The Morgan fingerprint density at radius 2 is 1.57 bits per heavy atom. The molecule has 0 aliphatic carbocycles. The number of nitriles is 2. The Hall–Kier alpha value is -2.86. The van der Waals surface area contributed by atoms with Gasteiger partial charge in [0.1, 0.15) is 12.1 Å². The van der Waals surface area contributed by atoms with Gasteiger partial charge < -0.3 is 9.47 Å². The van der Waals surface area contributed by atoms with Gasteiger partial charge in [-0.15, -0.1) is 0 Å². The van der Waals surface area contributed by atoms with Gasteiger partial charge in [0.25, 0.3) is 0 Å². The number of nitrogens with zero attached hydrogens (tertiary/aromatic N) is 2. The second kappa shape index (κ2) is 7.66. The molecule has 0 bridgehead atoms. The normalized spacial score (nSPS) is 9.57. The SMILES string of the molecule is CCOC(=O)C(C(=O)OCC)c1ccc(C#N)c(C#N)c1. The van der Waals surface area contributed by atoms with Gasteiger partial charge in [-0.3, -0.25) is 9.59 Å². The summed E-state index contributed by atoms with van der Waals surface area (Å²) in [5.74, 6) is -2.75. The van der Waals surface area contributed by atoms with Crippen molar-refractivity contribution in [1.29, 1.82) is 10.5 Å². The standard InChI is InChI=1S/C15H14N2O4/c1-3-20-14(18)13(15(19)21-4-2)10-5-6-11(8-16)12(7-10)9-17/h5-7,13H,3-4H2,1-2H3. The van der Waals surface area contributed by atoms with Gasteiger partial charge in [0.2, 0.25) is 0 Å². The molecule has 0 atom stereocenters. The van der Waals surface area contributed by atoms with Crippen molar-refractivity contribution in [2.75, 3.05) is 13.2 Å². The number of rotatable bonds is 5. The van der Waals surface area contributed by atoms with E-state index in [-0.39, 0.29) is 29.9 Å². The summed E-state index contributed by atoms with van der Waals surface area (Å²) in [6, 6.07) is 7.88. The van der Waals surface area contributed by atoms with Crippen molar-refractivity contribution in [2.45, 2.75) is 19.8 Å². The molecule has 6 nitrogen and oxygen atoms in total. The fourth-order valence-corrected chi connectivity index (χ4v) is 1.75. The van der Waals surface area contributed by atoms with Gasteiger partial charge in [-0.05, 0) is 31.5 Å². The number of ether oxygens (including phenoxy) is 2. The molecule has 108 valence electrons. The minimum atomic E-state index is -1.26. The molecule has 0 amide bonds. The maximum Gasteiger partial charge on any atom is 0.324 e. The van der Waals surface area contributed by atoms with E-state index in [2.05, 4.69) is 0 Å². The Kier molecular flexibility index (Phi) is 5.91. The zero-order valence-electron chi connectivity index (χ0n) is 11.8. The lowest BCUT2D eigenvalue weighted by molar-refractivity contribution is -0.156. The average Bonchev–Trinajstić information content (AvgIpc) is 2.47. The molecule has 0 aromatic heterocycles. The molecule has 1 aromatic rings. The highest BCUT2D eigenvalue weighted by Crippen LogP contribution is 2.22. The third-order valence-electron chi connectivity index (χ3n) is 2.66. The Morgan fingerprint density at radius 1 is 1.05 bits per heavy atom. The van der Waals surface area contributed by atoms with E-state index in [0.29, 0.717) is 0 Å². The minimum absolute atomic E-state index is 0.0913. The number of esters is 2. The summed E-state index contributed by atoms with van der Waals surface area (Å²) in [4.78, 5) is 23.9. The molecule has 0 spiro atoms. The van der Waals surface area contributed by atoms with Crippen molar-refractivity contribution >= 4 is 11.9 Å². The van der Waals surface area contributed by atoms with Crippen molar-refractivity contribution in [3.63, 3.8) is 0 Å². The Bertz CT molecular complexity index is 608. The number of carbonyl (C=O) groups excluding carboxylic acids is 2. The van der Waals surface area contributed by atoms with E-state index in [1.165, 1.54) is 18.2 Å². The average molecular weight is 286 g/mol. The Balaban J connectivity index is 3.27. The first-order valence-corrected chi connectivity index (χ1v) is 6.36. The van der Waals surface area contributed by atoms with Crippen molar-refractivity contribution in [3.8, 4) is 12.1 Å². The highest BCUT2D eigenvalue weighted by Gasteiger charge is 2.31. The van der Waals surface area contributed by atoms with E-state index in [0.717, 1.165) is 0 Å². The van der Waals surface area contributed by atoms with E-state index in [9.17, 15) is 9.59 Å². The zero-order valence-corrected chi connectivity index (χ0v) is 11.8. The van der Waals surface area contributed by atoms with E-state index >= 15 is 0 Å². The van der Waals surface area contributed by atoms with Crippen molar-refractivity contribution in [1.82, 2.24) is 0 Å². The predicted molar refractivity (Wildman–Crippen MR) is 71.9 cm³/mol. The number of hydrogen-bond donors (Lipinski definition) is 0. The molecule has 21 heavy (non-hydrogen) atoms. The molecule has 6 heteroatoms. The summed E-state index contributed by atoms with van der Waals surface area (Å²) < 4.78 is 9.74. The monoisotopic (exact) mass is 286 g/mol. The number of benzene rings is 1. The second-order valence-electron chi connectivity index (χ2n) is 3.97. The minimum Gasteiger partial charge on any atom is -0.465 e. The lowest BCUT2D eigenvalue weighted by Gasteiger charge is -2.15. The molecule has 0 radical (unpaired) electrons. The first-order valence-electron chi connectivity index (χ1n) is 6.36. The summed E-state index contributed by atoms with van der Waals surface area (Å²) in [6.45, 7) is 3.49. The van der Waals surface area contributed by atoms with Crippen molar-refractivity contribution in [2.24, 2.45) is 0 Å². The van der Waals surface area contributed by atoms with Crippen molar-refractivity contribution in [3.05, 3.63) is 34.9 Å². The van der Waals surface area contributed by atoms with Gasteiger partial charge in [0, 0.05) is 0 Å². The molecule has 0 unspecified atom stereocenters. The lowest BCUT2D eigenvalue weighted by atomic mass is 9.95. The fourth-order valence-electron chi connectivity index (χ4n) is 1.75. The van der Waals surface area contributed by atoms with Gasteiger partial charge in [-0.1, -0.05) is 6.07 Å². The van der Waals surface area contributed by atoms with Gasteiger partial charge in [-0.25, -0.2) is 0 Å². The third kappa shape index (κ3) is 3.80. The first-order chi connectivity index (χ1) is 10.1. The van der Waals surface area contributed by atoms with Crippen molar-refractivity contribution < 1.29 is 19.1 Å². The van der Waals surface area contributed by atoms with Crippen LogP contribution in [0.5, 0.6) is 0 Å². The first kappa shape index (κ1) is 16.2. The third-order valence-corrected chi connectivity index (χ3v) is 2.66. The summed E-state index contributed by atoms with van der Waals surface area (Å²) in [5.41, 5.74) is 0.531. The molecule has 0 saturated heterocycles. The smallest absolute Gasteiger partial charge is 0.324 e. The van der Waals surface area contributed by atoms with E-state index in [1.54, 1.807) is 13.8 Å². The maximum absolute atomic E-state index is 11.9. The molecule has 0 aliphatic rings. The van der Waals surface area contributed by atoms with Gasteiger partial charge >= 0.3 is 11.9 Å². The summed E-state index contributed by atoms with van der Waals surface area (Å²) in [7, 11) is 0. The van der Waals surface area contributed by atoms with E-state index in [4.69, 9.17) is 20.0 Å².